The first-order valence-electron chi connectivity index (χ1n) is 15.8. The van der Waals surface area contributed by atoms with Gasteiger partial charge in [-0.15, -0.1) is 0 Å². The van der Waals surface area contributed by atoms with Crippen molar-refractivity contribution in [3.05, 3.63) is 53.7 Å². The van der Waals surface area contributed by atoms with Gasteiger partial charge in [0.05, 0.1) is 24.8 Å². The minimum absolute atomic E-state index is 0.0487. The third-order valence-electron chi connectivity index (χ3n) is 10.2. The Morgan fingerprint density at radius 3 is 2.79 bits per heavy atom. The Labute approximate surface area is 249 Å². The first kappa shape index (κ1) is 27.6. The highest BCUT2D eigenvalue weighted by atomic mass is 16.6. The number of likely N-dealkylation sites (tertiary alicyclic amines) is 1. The van der Waals surface area contributed by atoms with Crippen molar-refractivity contribution >= 4 is 11.5 Å². The summed E-state index contributed by atoms with van der Waals surface area (Å²) in [6.07, 6.45) is 9.97. The molecule has 2 aromatic rings. The number of para-hydroxylation sites is 1. The minimum Gasteiger partial charge on any atom is -0.462 e. The number of anilines is 2. The molecular weight excluding hydrogens is 526 g/mol. The lowest BCUT2D eigenvalue weighted by Crippen LogP contribution is -2.58. The van der Waals surface area contributed by atoms with Crippen molar-refractivity contribution in [2.24, 2.45) is 0 Å². The van der Waals surface area contributed by atoms with Crippen LogP contribution in [0.1, 0.15) is 48.9 Å². The zero-order valence-corrected chi connectivity index (χ0v) is 24.9. The molecule has 9 nitrogen and oxygen atoms in total. The van der Waals surface area contributed by atoms with Gasteiger partial charge in [0.15, 0.2) is 5.72 Å². The maximum Gasteiger partial charge on any atom is 0.318 e. The van der Waals surface area contributed by atoms with E-state index in [1.54, 1.807) is 0 Å². The summed E-state index contributed by atoms with van der Waals surface area (Å²) in [5.41, 5.74) is 4.81. The Morgan fingerprint density at radius 1 is 1.12 bits per heavy atom. The van der Waals surface area contributed by atoms with Crippen molar-refractivity contribution in [1.82, 2.24) is 19.8 Å². The molecule has 4 atom stereocenters. The maximum absolute atomic E-state index is 9.69. The van der Waals surface area contributed by atoms with E-state index in [-0.39, 0.29) is 6.04 Å². The van der Waals surface area contributed by atoms with Gasteiger partial charge in [0, 0.05) is 62.0 Å². The standard InChI is InChI=1S/C33H43N7O2/c1-3-33(23-42-33)40-19-18-38(21-26(40)14-15-34)31-28-13-12-25(39-17-6-9-24-8-4-5-11-30(24)39)20-29(28)35-32(36-31)41-22-27-10-7-16-37(27)2/h3-5,8,11,25-27H,1,6-7,9-10,12-14,16-23H2,2H3/t25-,26-,27-,33?/m0/s1. The smallest absolute Gasteiger partial charge is 0.318 e. The number of likely N-dealkylation sites (N-methyl/N-ethyl adjacent to an activating group) is 1. The predicted molar refractivity (Wildman–Crippen MR) is 163 cm³/mol. The van der Waals surface area contributed by atoms with Crippen LogP contribution in [-0.4, -0.2) is 96.6 Å². The van der Waals surface area contributed by atoms with Crippen LogP contribution in [0.15, 0.2) is 36.9 Å². The van der Waals surface area contributed by atoms with E-state index < -0.39 is 5.72 Å². The number of ether oxygens (including phenoxy) is 2. The number of nitriles is 1. The molecular formula is C33H43N7O2. The summed E-state index contributed by atoms with van der Waals surface area (Å²) >= 11 is 0. The quantitative estimate of drug-likeness (QED) is 0.350. The van der Waals surface area contributed by atoms with Gasteiger partial charge < -0.3 is 24.2 Å². The third-order valence-corrected chi connectivity index (χ3v) is 10.2. The van der Waals surface area contributed by atoms with Gasteiger partial charge >= 0.3 is 6.01 Å². The molecule has 7 rings (SSSR count). The van der Waals surface area contributed by atoms with E-state index in [1.165, 1.54) is 29.7 Å². The van der Waals surface area contributed by atoms with E-state index in [9.17, 15) is 5.26 Å². The number of aryl methyl sites for hydroxylation is 1. The lowest BCUT2D eigenvalue weighted by Gasteiger charge is -2.44. The number of aromatic nitrogens is 2. The van der Waals surface area contributed by atoms with Crippen LogP contribution < -0.4 is 14.5 Å². The van der Waals surface area contributed by atoms with Crippen LogP contribution in [0.4, 0.5) is 11.5 Å². The Hall–Kier alpha value is -3.19. The van der Waals surface area contributed by atoms with Crippen molar-refractivity contribution in [3.63, 3.8) is 0 Å². The first-order chi connectivity index (χ1) is 20.6. The zero-order chi connectivity index (χ0) is 28.7. The number of hydrogen-bond acceptors (Lipinski definition) is 9. The van der Waals surface area contributed by atoms with E-state index >= 15 is 0 Å². The van der Waals surface area contributed by atoms with Crippen LogP contribution in [0, 0.1) is 11.3 Å². The molecule has 0 spiro atoms. The fourth-order valence-electron chi connectivity index (χ4n) is 7.75. The highest BCUT2D eigenvalue weighted by Gasteiger charge is 2.51. The van der Waals surface area contributed by atoms with Gasteiger partial charge in [0.2, 0.25) is 0 Å². The molecule has 3 fully saturated rings. The van der Waals surface area contributed by atoms with Crippen molar-refractivity contribution in [1.29, 1.82) is 5.26 Å². The Bertz CT molecular complexity index is 1350. The van der Waals surface area contributed by atoms with Gasteiger partial charge in [-0.05, 0) is 69.8 Å². The molecule has 4 aliphatic heterocycles. The predicted octanol–water partition coefficient (Wildman–Crippen LogP) is 3.58. The third kappa shape index (κ3) is 5.14. The number of piperazine rings is 1. The molecule has 0 N–H and O–H groups in total. The van der Waals surface area contributed by atoms with Crippen molar-refractivity contribution in [2.75, 3.05) is 62.8 Å². The fourth-order valence-corrected chi connectivity index (χ4v) is 7.75. The molecule has 42 heavy (non-hydrogen) atoms. The van der Waals surface area contributed by atoms with E-state index in [0.717, 1.165) is 76.3 Å². The zero-order valence-electron chi connectivity index (χ0n) is 24.9. The van der Waals surface area contributed by atoms with Crippen molar-refractivity contribution in [3.8, 4) is 12.1 Å². The SMILES string of the molecule is C=CC1(N2CCN(c3nc(OC[C@@H]4CCCN4C)nc4c3CC[C@H](N3CCCc5ccccc53)C4)C[C@@H]2CC#N)CO1. The van der Waals surface area contributed by atoms with Gasteiger partial charge in [0.25, 0.3) is 0 Å². The molecule has 0 amide bonds. The number of benzene rings is 1. The Balaban J connectivity index is 1.18. The molecule has 5 aliphatic rings. The molecule has 0 bridgehead atoms. The van der Waals surface area contributed by atoms with Gasteiger partial charge in [-0.3, -0.25) is 4.90 Å². The normalized spacial score (nSPS) is 29.5. The monoisotopic (exact) mass is 569 g/mol. The van der Waals surface area contributed by atoms with Crippen LogP contribution in [0.5, 0.6) is 6.01 Å². The van der Waals surface area contributed by atoms with Crippen LogP contribution in [0.3, 0.4) is 0 Å². The summed E-state index contributed by atoms with van der Waals surface area (Å²) in [6.45, 7) is 9.83. The van der Waals surface area contributed by atoms with Gasteiger partial charge in [-0.2, -0.15) is 15.2 Å². The highest BCUT2D eigenvalue weighted by molar-refractivity contribution is 5.58. The largest absolute Gasteiger partial charge is 0.462 e. The summed E-state index contributed by atoms with van der Waals surface area (Å²) in [5, 5.41) is 9.69. The van der Waals surface area contributed by atoms with Gasteiger partial charge in [-0.1, -0.05) is 24.8 Å². The van der Waals surface area contributed by atoms with E-state index in [2.05, 4.69) is 63.6 Å². The molecule has 222 valence electrons. The van der Waals surface area contributed by atoms with Crippen molar-refractivity contribution in [2.45, 2.75) is 75.2 Å². The number of hydrogen-bond donors (Lipinski definition) is 0. The first-order valence-corrected chi connectivity index (χ1v) is 15.8. The molecule has 1 unspecified atom stereocenters. The summed E-state index contributed by atoms with van der Waals surface area (Å²) in [4.78, 5) is 19.9. The van der Waals surface area contributed by atoms with Crippen LogP contribution in [0.2, 0.25) is 0 Å². The van der Waals surface area contributed by atoms with E-state index in [0.29, 0.717) is 37.7 Å². The Morgan fingerprint density at radius 2 is 2.00 bits per heavy atom. The van der Waals surface area contributed by atoms with Gasteiger partial charge in [-0.25, -0.2) is 0 Å². The lowest BCUT2D eigenvalue weighted by atomic mass is 9.88. The van der Waals surface area contributed by atoms with Crippen LogP contribution >= 0.6 is 0 Å². The van der Waals surface area contributed by atoms with E-state index in [1.807, 2.05) is 6.08 Å². The molecule has 1 aliphatic carbocycles. The number of epoxide rings is 1. The maximum atomic E-state index is 9.69. The second-order valence-electron chi connectivity index (χ2n) is 12.7. The van der Waals surface area contributed by atoms with Crippen LogP contribution in [-0.2, 0) is 24.0 Å². The number of nitrogens with zero attached hydrogens (tertiary/aromatic N) is 7. The topological polar surface area (TPSA) is 84.3 Å². The number of fused-ring (bicyclic) bond motifs is 2. The van der Waals surface area contributed by atoms with Crippen LogP contribution in [0.25, 0.3) is 0 Å². The molecule has 0 radical (unpaired) electrons. The summed E-state index contributed by atoms with van der Waals surface area (Å²) in [7, 11) is 2.18. The summed E-state index contributed by atoms with van der Waals surface area (Å²) < 4.78 is 12.2. The lowest BCUT2D eigenvalue weighted by molar-refractivity contribution is 0.0625. The molecule has 1 aromatic heterocycles. The van der Waals surface area contributed by atoms with E-state index in [4.69, 9.17) is 19.4 Å². The highest BCUT2D eigenvalue weighted by Crippen LogP contribution is 2.40. The molecule has 9 heteroatoms. The second-order valence-corrected chi connectivity index (χ2v) is 12.7. The Kier molecular flexibility index (Phi) is 7.55. The van der Waals surface area contributed by atoms with Crippen molar-refractivity contribution < 1.29 is 9.47 Å². The summed E-state index contributed by atoms with van der Waals surface area (Å²) in [6, 6.07) is 12.7. The van der Waals surface area contributed by atoms with Gasteiger partial charge in [0.1, 0.15) is 12.4 Å². The second kappa shape index (κ2) is 11.5. The fraction of sp³-hybridized carbons (Fsp3) is 0.606. The minimum atomic E-state index is -0.418. The molecule has 3 saturated heterocycles. The average molecular weight is 570 g/mol. The summed E-state index contributed by atoms with van der Waals surface area (Å²) in [5.74, 6) is 0.999. The molecule has 1 aromatic carbocycles. The molecule has 0 saturated carbocycles. The number of rotatable bonds is 8. The average Bonchev–Trinajstić information content (AvgIpc) is 3.72. The molecule has 5 heterocycles.